The molecular formula is C16H20BrN3O3S. The first-order valence-electron chi connectivity index (χ1n) is 7.26. The van der Waals surface area contributed by atoms with Crippen LogP contribution >= 0.6 is 27.3 Å². The van der Waals surface area contributed by atoms with Gasteiger partial charge in [-0.3, -0.25) is 9.69 Å². The van der Waals surface area contributed by atoms with Gasteiger partial charge >= 0.3 is 6.09 Å². The minimum Gasteiger partial charge on any atom is -0.442 e. The molecule has 1 atom stereocenters. The van der Waals surface area contributed by atoms with Crippen LogP contribution in [0.2, 0.25) is 0 Å². The summed E-state index contributed by atoms with van der Waals surface area (Å²) < 4.78 is 6.11. The Labute approximate surface area is 153 Å². The van der Waals surface area contributed by atoms with Crippen LogP contribution in [0.5, 0.6) is 0 Å². The average molecular weight is 414 g/mol. The molecule has 0 spiro atoms. The summed E-state index contributed by atoms with van der Waals surface area (Å²) in [5.41, 5.74) is -1.13. The van der Waals surface area contributed by atoms with E-state index in [4.69, 9.17) is 4.74 Å². The van der Waals surface area contributed by atoms with E-state index in [1.165, 1.54) is 23.3 Å². The zero-order valence-electron chi connectivity index (χ0n) is 14.3. The minimum absolute atomic E-state index is 0.133. The highest BCUT2D eigenvalue weighted by atomic mass is 79.9. The summed E-state index contributed by atoms with van der Waals surface area (Å²) in [6.07, 6.45) is -0.758. The van der Waals surface area contributed by atoms with Gasteiger partial charge in [0.2, 0.25) is 5.96 Å². The number of guanidine groups is 1. The fourth-order valence-corrected chi connectivity index (χ4v) is 3.73. The molecule has 1 aromatic rings. The fourth-order valence-electron chi connectivity index (χ4n) is 2.16. The summed E-state index contributed by atoms with van der Waals surface area (Å²) in [5.74, 6) is -0.170. The molecule has 1 aliphatic heterocycles. The van der Waals surface area contributed by atoms with Crippen molar-refractivity contribution in [1.82, 2.24) is 10.2 Å². The monoisotopic (exact) mass is 413 g/mol. The van der Waals surface area contributed by atoms with Crippen LogP contribution < -0.4 is 5.32 Å². The number of hydrogen-bond acceptors (Lipinski definition) is 4. The lowest BCUT2D eigenvalue weighted by molar-refractivity contribution is -0.124. The molecule has 2 amide bonds. The average Bonchev–Trinajstić information content (AvgIpc) is 2.87. The van der Waals surface area contributed by atoms with Crippen LogP contribution in [0, 0.1) is 0 Å². The third-order valence-electron chi connectivity index (χ3n) is 3.50. The van der Waals surface area contributed by atoms with E-state index in [0.717, 1.165) is 9.35 Å². The van der Waals surface area contributed by atoms with Crippen LogP contribution in [-0.4, -0.2) is 35.5 Å². The molecule has 0 aromatic carbocycles. The van der Waals surface area contributed by atoms with E-state index in [1.54, 1.807) is 20.8 Å². The van der Waals surface area contributed by atoms with Gasteiger partial charge in [0.25, 0.3) is 5.91 Å². The van der Waals surface area contributed by atoms with Crippen molar-refractivity contribution >= 4 is 45.2 Å². The lowest BCUT2D eigenvalue weighted by Crippen LogP contribution is -2.60. The third kappa shape index (κ3) is 3.70. The van der Waals surface area contributed by atoms with Gasteiger partial charge in [-0.05, 0) is 49.7 Å². The molecule has 0 saturated carbocycles. The van der Waals surface area contributed by atoms with Crippen LogP contribution in [0.1, 0.15) is 32.6 Å². The largest absolute Gasteiger partial charge is 0.442 e. The maximum Gasteiger partial charge on any atom is 0.437 e. The number of rotatable bonds is 1. The Morgan fingerprint density at radius 2 is 2.12 bits per heavy atom. The molecule has 0 unspecified atom stereocenters. The van der Waals surface area contributed by atoms with E-state index in [-0.39, 0.29) is 11.9 Å². The quantitative estimate of drug-likeness (QED) is 0.713. The van der Waals surface area contributed by atoms with Gasteiger partial charge in [-0.15, -0.1) is 16.3 Å². The summed E-state index contributed by atoms with van der Waals surface area (Å²) >= 11 is 4.89. The molecule has 1 aliphatic rings. The number of carbonyl (C=O) groups is 2. The SMILES string of the molecule is C=C1C(=O)N(C)/C(=N\C(=O)OC(C)(C)C)N[C@]1(C)c1cc(Br)cs1. The van der Waals surface area contributed by atoms with E-state index in [9.17, 15) is 9.59 Å². The molecule has 24 heavy (non-hydrogen) atoms. The maximum atomic E-state index is 12.5. The van der Waals surface area contributed by atoms with E-state index >= 15 is 0 Å². The number of thiophene rings is 1. The summed E-state index contributed by atoms with van der Waals surface area (Å²) in [7, 11) is 1.54. The molecule has 1 aromatic heterocycles. The van der Waals surface area contributed by atoms with Crippen molar-refractivity contribution in [2.24, 2.45) is 4.99 Å². The zero-order valence-corrected chi connectivity index (χ0v) is 16.7. The van der Waals surface area contributed by atoms with Gasteiger partial charge in [0.15, 0.2) is 0 Å². The van der Waals surface area contributed by atoms with Crippen molar-refractivity contribution in [1.29, 1.82) is 0 Å². The van der Waals surface area contributed by atoms with E-state index < -0.39 is 17.2 Å². The number of aliphatic imine (C=N–C) groups is 1. The Bertz CT molecular complexity index is 735. The van der Waals surface area contributed by atoms with E-state index in [1.807, 2.05) is 18.4 Å². The van der Waals surface area contributed by atoms with Gasteiger partial charge in [-0.2, -0.15) is 0 Å². The molecule has 1 N–H and O–H groups in total. The maximum absolute atomic E-state index is 12.5. The van der Waals surface area contributed by atoms with Crippen LogP contribution in [0.4, 0.5) is 4.79 Å². The summed E-state index contributed by atoms with van der Waals surface area (Å²) in [4.78, 5) is 30.6. The van der Waals surface area contributed by atoms with Gasteiger partial charge in [-0.25, -0.2) is 4.79 Å². The molecule has 1 fully saturated rings. The molecule has 0 bridgehead atoms. The highest BCUT2D eigenvalue weighted by molar-refractivity contribution is 9.10. The highest BCUT2D eigenvalue weighted by Gasteiger charge is 2.43. The molecule has 0 aliphatic carbocycles. The summed E-state index contributed by atoms with van der Waals surface area (Å²) in [5, 5.41) is 5.07. The summed E-state index contributed by atoms with van der Waals surface area (Å²) in [6.45, 7) is 11.0. The number of hydrogen-bond donors (Lipinski definition) is 1. The normalized spacial score (nSPS) is 23.4. The first-order valence-corrected chi connectivity index (χ1v) is 8.93. The standard InChI is InChI=1S/C16H20BrN3O3S/c1-9-12(21)20(6)13(18-14(22)23-15(2,3)4)19-16(9,5)11-7-10(17)8-24-11/h7-8H,1H2,2-6H3,(H,18,19,22)/t16-/m0/s1. The van der Waals surface area contributed by atoms with Crippen molar-refractivity contribution in [3.8, 4) is 0 Å². The molecule has 1 saturated heterocycles. The van der Waals surface area contributed by atoms with Gasteiger partial charge in [0, 0.05) is 27.4 Å². The molecule has 130 valence electrons. The van der Waals surface area contributed by atoms with Gasteiger partial charge in [-0.1, -0.05) is 6.58 Å². The predicted molar refractivity (Wildman–Crippen MR) is 98.1 cm³/mol. The lowest BCUT2D eigenvalue weighted by Gasteiger charge is -2.40. The first kappa shape index (κ1) is 18.7. The van der Waals surface area contributed by atoms with Crippen LogP contribution in [0.15, 0.2) is 33.1 Å². The molecule has 6 nitrogen and oxygen atoms in total. The first-order chi connectivity index (χ1) is 10.9. The number of nitrogens with zero attached hydrogens (tertiary/aromatic N) is 2. The second-order valence-corrected chi connectivity index (χ2v) is 8.46. The van der Waals surface area contributed by atoms with Crippen molar-refractivity contribution in [3.63, 3.8) is 0 Å². The predicted octanol–water partition coefficient (Wildman–Crippen LogP) is 3.63. The smallest absolute Gasteiger partial charge is 0.437 e. The number of amides is 2. The number of nitrogens with one attached hydrogen (secondary N) is 1. The van der Waals surface area contributed by atoms with Crippen molar-refractivity contribution in [2.75, 3.05) is 7.05 Å². The Kier molecular flexibility index (Phi) is 4.92. The number of halogens is 1. The Morgan fingerprint density at radius 1 is 1.50 bits per heavy atom. The Balaban J connectivity index is 2.39. The molecular weight excluding hydrogens is 394 g/mol. The van der Waals surface area contributed by atoms with Crippen molar-refractivity contribution < 1.29 is 14.3 Å². The minimum atomic E-state index is -0.846. The Hall–Kier alpha value is -1.67. The highest BCUT2D eigenvalue weighted by Crippen LogP contribution is 2.37. The van der Waals surface area contributed by atoms with Crippen molar-refractivity contribution in [3.05, 3.63) is 32.9 Å². The second kappa shape index (κ2) is 6.33. The van der Waals surface area contributed by atoms with E-state index in [2.05, 4.69) is 32.8 Å². The number of ether oxygens (including phenoxy) is 1. The Morgan fingerprint density at radius 3 is 2.62 bits per heavy atom. The van der Waals surface area contributed by atoms with Crippen LogP contribution in [0.25, 0.3) is 0 Å². The molecule has 2 rings (SSSR count). The molecule has 2 heterocycles. The van der Waals surface area contributed by atoms with Gasteiger partial charge in [0.05, 0.1) is 0 Å². The van der Waals surface area contributed by atoms with Crippen LogP contribution in [0.3, 0.4) is 0 Å². The molecule has 8 heteroatoms. The summed E-state index contributed by atoms with van der Waals surface area (Å²) in [6, 6.07) is 1.91. The van der Waals surface area contributed by atoms with Crippen LogP contribution in [-0.2, 0) is 15.1 Å². The van der Waals surface area contributed by atoms with Crippen molar-refractivity contribution in [2.45, 2.75) is 38.8 Å². The van der Waals surface area contributed by atoms with Gasteiger partial charge in [0.1, 0.15) is 11.1 Å². The third-order valence-corrected chi connectivity index (χ3v) is 5.41. The van der Waals surface area contributed by atoms with E-state index in [0.29, 0.717) is 5.57 Å². The topological polar surface area (TPSA) is 71.0 Å². The lowest BCUT2D eigenvalue weighted by atomic mass is 9.88. The number of carbonyl (C=O) groups excluding carboxylic acids is 2. The van der Waals surface area contributed by atoms with Gasteiger partial charge < -0.3 is 10.1 Å². The molecule has 0 radical (unpaired) electrons. The zero-order chi connectivity index (χ0) is 18.3. The second-order valence-electron chi connectivity index (χ2n) is 6.64. The fraction of sp³-hybridized carbons (Fsp3) is 0.438. The number of likely N-dealkylation sites (N-methyl/N-ethyl adjacent to an activating group) is 1.